The van der Waals surface area contributed by atoms with Gasteiger partial charge < -0.3 is 4.90 Å². The molecule has 0 aliphatic carbocycles. The fourth-order valence-corrected chi connectivity index (χ4v) is 2.11. The summed E-state index contributed by atoms with van der Waals surface area (Å²) in [5.41, 5.74) is 1.10. The van der Waals surface area contributed by atoms with Crippen molar-refractivity contribution in [2.24, 2.45) is 5.41 Å². The average molecular weight is 261 g/mol. The van der Waals surface area contributed by atoms with Crippen LogP contribution in [0.15, 0.2) is 30.3 Å². The molecule has 19 heavy (non-hydrogen) atoms. The largest absolute Gasteiger partial charge is 0.303 e. The second-order valence-corrected chi connectivity index (χ2v) is 6.42. The first kappa shape index (κ1) is 15.9. The molecule has 0 aliphatic rings. The molecule has 1 rings (SSSR count). The predicted molar refractivity (Wildman–Crippen MR) is 81.6 cm³/mol. The number of hydrogen-bond acceptors (Lipinski definition) is 2. The molecular formula is C17H27NO. The van der Waals surface area contributed by atoms with Crippen LogP contribution in [0.5, 0.6) is 0 Å². The van der Waals surface area contributed by atoms with E-state index >= 15 is 0 Å². The van der Waals surface area contributed by atoms with Crippen molar-refractivity contribution in [2.75, 3.05) is 13.6 Å². The maximum Gasteiger partial charge on any atom is 0.162 e. The summed E-state index contributed by atoms with van der Waals surface area (Å²) in [5, 5.41) is 0. The number of carbonyl (C=O) groups excluding carboxylic acids is 1. The molecule has 1 aromatic carbocycles. The van der Waals surface area contributed by atoms with E-state index < -0.39 is 0 Å². The van der Waals surface area contributed by atoms with E-state index in [1.54, 1.807) is 0 Å². The van der Waals surface area contributed by atoms with Crippen LogP contribution in [0.4, 0.5) is 0 Å². The Balaban J connectivity index is 2.37. The third-order valence-electron chi connectivity index (χ3n) is 3.92. The Kier molecular flexibility index (Phi) is 5.74. The van der Waals surface area contributed by atoms with Gasteiger partial charge in [-0.25, -0.2) is 0 Å². The quantitative estimate of drug-likeness (QED) is 0.721. The molecule has 0 saturated carbocycles. The third kappa shape index (κ3) is 5.15. The Labute approximate surface area is 117 Å². The van der Waals surface area contributed by atoms with Crippen LogP contribution in [0.25, 0.3) is 0 Å². The molecular weight excluding hydrogens is 234 g/mol. The second kappa shape index (κ2) is 6.85. The zero-order valence-electron chi connectivity index (χ0n) is 12.9. The van der Waals surface area contributed by atoms with Crippen LogP contribution in [0.3, 0.4) is 0 Å². The van der Waals surface area contributed by atoms with Gasteiger partial charge in [0.1, 0.15) is 0 Å². The molecule has 2 nitrogen and oxygen atoms in total. The Hall–Kier alpha value is -1.15. The fourth-order valence-electron chi connectivity index (χ4n) is 2.11. The molecule has 2 heteroatoms. The van der Waals surface area contributed by atoms with Crippen molar-refractivity contribution in [3.8, 4) is 0 Å². The number of benzene rings is 1. The molecule has 0 spiro atoms. The molecule has 0 radical (unpaired) electrons. The summed E-state index contributed by atoms with van der Waals surface area (Å²) in [6, 6.07) is 10.1. The first-order valence-corrected chi connectivity index (χ1v) is 7.11. The standard InChI is InChI=1S/C17H27NO/c1-14(17(2,3)4)18(5)13-9-12-16(19)15-10-7-6-8-11-15/h6-8,10-11,14H,9,12-13H2,1-5H3. The lowest BCUT2D eigenvalue weighted by atomic mass is 9.87. The number of carbonyl (C=O) groups is 1. The molecule has 0 bridgehead atoms. The number of nitrogens with zero attached hydrogens (tertiary/aromatic N) is 1. The number of ketones is 1. The molecule has 106 valence electrons. The highest BCUT2D eigenvalue weighted by Gasteiger charge is 2.23. The zero-order chi connectivity index (χ0) is 14.5. The molecule has 0 aliphatic heterocycles. The van der Waals surface area contributed by atoms with Crippen LogP contribution < -0.4 is 0 Å². The normalized spacial score (nSPS) is 13.6. The van der Waals surface area contributed by atoms with Crippen molar-refractivity contribution in [3.63, 3.8) is 0 Å². The fraction of sp³-hybridized carbons (Fsp3) is 0.588. The number of rotatable bonds is 6. The van der Waals surface area contributed by atoms with E-state index in [-0.39, 0.29) is 11.2 Å². The summed E-state index contributed by atoms with van der Waals surface area (Å²) >= 11 is 0. The van der Waals surface area contributed by atoms with Crippen LogP contribution in [-0.4, -0.2) is 30.3 Å². The number of Topliss-reactive ketones (excluding diaryl/α,β-unsaturated/α-hetero) is 1. The Morgan fingerprint density at radius 3 is 2.32 bits per heavy atom. The highest BCUT2D eigenvalue weighted by atomic mass is 16.1. The van der Waals surface area contributed by atoms with Crippen molar-refractivity contribution in [1.29, 1.82) is 0 Å². The Morgan fingerprint density at radius 2 is 1.79 bits per heavy atom. The van der Waals surface area contributed by atoms with Crippen LogP contribution in [0, 0.1) is 5.41 Å². The van der Waals surface area contributed by atoms with Crippen molar-refractivity contribution in [2.45, 2.75) is 46.6 Å². The van der Waals surface area contributed by atoms with Gasteiger partial charge in [0.15, 0.2) is 5.78 Å². The lowest BCUT2D eigenvalue weighted by molar-refractivity contribution is 0.0963. The van der Waals surface area contributed by atoms with Gasteiger partial charge in [-0.05, 0) is 32.4 Å². The highest BCUT2D eigenvalue weighted by molar-refractivity contribution is 5.95. The highest BCUT2D eigenvalue weighted by Crippen LogP contribution is 2.23. The van der Waals surface area contributed by atoms with Gasteiger partial charge in [-0.15, -0.1) is 0 Å². The first-order chi connectivity index (χ1) is 8.82. The Morgan fingerprint density at radius 1 is 1.21 bits per heavy atom. The van der Waals surface area contributed by atoms with E-state index in [4.69, 9.17) is 0 Å². The maximum absolute atomic E-state index is 12.0. The molecule has 1 aromatic rings. The number of hydrogen-bond donors (Lipinski definition) is 0. The molecule has 1 unspecified atom stereocenters. The van der Waals surface area contributed by atoms with E-state index in [9.17, 15) is 4.79 Å². The smallest absolute Gasteiger partial charge is 0.162 e. The molecule has 0 saturated heterocycles. The van der Waals surface area contributed by atoms with Crippen LogP contribution in [-0.2, 0) is 0 Å². The summed E-state index contributed by atoms with van der Waals surface area (Å²) in [6.45, 7) is 9.98. The summed E-state index contributed by atoms with van der Waals surface area (Å²) in [4.78, 5) is 14.3. The van der Waals surface area contributed by atoms with Crippen molar-refractivity contribution in [3.05, 3.63) is 35.9 Å². The van der Waals surface area contributed by atoms with Gasteiger partial charge in [0, 0.05) is 18.0 Å². The van der Waals surface area contributed by atoms with Gasteiger partial charge >= 0.3 is 0 Å². The van der Waals surface area contributed by atoms with Gasteiger partial charge in [-0.1, -0.05) is 51.1 Å². The van der Waals surface area contributed by atoms with Crippen molar-refractivity contribution < 1.29 is 4.79 Å². The minimum atomic E-state index is 0.248. The van der Waals surface area contributed by atoms with Gasteiger partial charge in [0.25, 0.3) is 0 Å². The molecule has 0 amide bonds. The first-order valence-electron chi connectivity index (χ1n) is 7.11. The van der Waals surface area contributed by atoms with Gasteiger partial charge in [0.05, 0.1) is 0 Å². The summed E-state index contributed by atoms with van der Waals surface area (Å²) < 4.78 is 0. The minimum absolute atomic E-state index is 0.248. The Bertz CT molecular complexity index is 391. The van der Waals surface area contributed by atoms with E-state index in [2.05, 4.69) is 39.6 Å². The maximum atomic E-state index is 12.0. The van der Waals surface area contributed by atoms with Gasteiger partial charge in [-0.3, -0.25) is 4.79 Å². The lowest BCUT2D eigenvalue weighted by Gasteiger charge is -2.35. The second-order valence-electron chi connectivity index (χ2n) is 6.42. The molecule has 1 atom stereocenters. The van der Waals surface area contributed by atoms with Gasteiger partial charge in [-0.2, -0.15) is 0 Å². The third-order valence-corrected chi connectivity index (χ3v) is 3.92. The predicted octanol–water partition coefficient (Wildman–Crippen LogP) is 4.02. The summed E-state index contributed by atoms with van der Waals surface area (Å²) in [7, 11) is 2.14. The SMILES string of the molecule is CC(N(C)CCCC(=O)c1ccccc1)C(C)(C)C. The summed E-state index contributed by atoms with van der Waals surface area (Å²) in [5.74, 6) is 0.248. The lowest BCUT2D eigenvalue weighted by Crippen LogP contribution is -2.39. The van der Waals surface area contributed by atoms with Crippen molar-refractivity contribution in [1.82, 2.24) is 4.90 Å². The monoisotopic (exact) mass is 261 g/mol. The molecule has 0 heterocycles. The van der Waals surface area contributed by atoms with E-state index in [0.717, 1.165) is 18.5 Å². The molecule has 0 fully saturated rings. The van der Waals surface area contributed by atoms with Gasteiger partial charge in [0.2, 0.25) is 0 Å². The van der Waals surface area contributed by atoms with E-state index in [1.807, 2.05) is 30.3 Å². The average Bonchev–Trinajstić information content (AvgIpc) is 2.37. The van der Waals surface area contributed by atoms with Crippen LogP contribution in [0.1, 0.15) is 50.9 Å². The zero-order valence-corrected chi connectivity index (χ0v) is 12.9. The van der Waals surface area contributed by atoms with E-state index in [1.165, 1.54) is 0 Å². The minimum Gasteiger partial charge on any atom is -0.303 e. The van der Waals surface area contributed by atoms with Crippen LogP contribution >= 0.6 is 0 Å². The van der Waals surface area contributed by atoms with Crippen molar-refractivity contribution >= 4 is 5.78 Å². The van der Waals surface area contributed by atoms with E-state index in [0.29, 0.717) is 12.5 Å². The topological polar surface area (TPSA) is 20.3 Å². The summed E-state index contributed by atoms with van der Waals surface area (Å²) in [6.07, 6.45) is 1.55. The molecule has 0 aromatic heterocycles. The van der Waals surface area contributed by atoms with Crippen LogP contribution in [0.2, 0.25) is 0 Å². The molecule has 0 N–H and O–H groups in total.